The van der Waals surface area contributed by atoms with Crippen LogP contribution in [-0.2, 0) is 0 Å². The van der Waals surface area contributed by atoms with Crippen LogP contribution in [0, 0.1) is 5.41 Å². The second kappa shape index (κ2) is 13.2. The van der Waals surface area contributed by atoms with E-state index < -0.39 is 0 Å². The summed E-state index contributed by atoms with van der Waals surface area (Å²) in [6.45, 7) is 17.0. The average molecular weight is 468 g/mol. The third-order valence-electron chi connectivity index (χ3n) is 5.42. The number of aromatic hydroxyl groups is 1. The molecule has 0 bridgehead atoms. The van der Waals surface area contributed by atoms with E-state index in [0.29, 0.717) is 29.1 Å². The van der Waals surface area contributed by atoms with Crippen LogP contribution in [0.4, 0.5) is 0 Å². The maximum Gasteiger partial charge on any atom is 0.193 e. The van der Waals surface area contributed by atoms with E-state index in [1.165, 1.54) is 45.0 Å². The summed E-state index contributed by atoms with van der Waals surface area (Å²) in [5.74, 6) is 1.30. The SMILES string of the molecule is CC.CC(C)(C)COc1ccc2c(=O)cc(-c3ccc(O)cc3)oc2c1.CCN1CCCCC1. The fourth-order valence-electron chi connectivity index (χ4n) is 3.57. The highest BCUT2D eigenvalue weighted by Crippen LogP contribution is 2.27. The van der Waals surface area contributed by atoms with Crippen LogP contribution in [0.5, 0.6) is 11.5 Å². The molecule has 2 aromatic carbocycles. The van der Waals surface area contributed by atoms with E-state index in [1.807, 2.05) is 13.8 Å². The van der Waals surface area contributed by atoms with Gasteiger partial charge in [-0.05, 0) is 74.3 Å². The zero-order chi connectivity index (χ0) is 25.1. The van der Waals surface area contributed by atoms with E-state index in [2.05, 4.69) is 32.6 Å². The van der Waals surface area contributed by atoms with Gasteiger partial charge in [-0.15, -0.1) is 0 Å². The van der Waals surface area contributed by atoms with Crippen LogP contribution < -0.4 is 10.2 Å². The lowest BCUT2D eigenvalue weighted by molar-refractivity contribution is 0.198. The molecule has 4 rings (SSSR count). The summed E-state index contributed by atoms with van der Waals surface area (Å²) in [7, 11) is 0. The molecule has 0 radical (unpaired) electrons. The van der Waals surface area contributed by atoms with Crippen molar-refractivity contribution in [2.24, 2.45) is 5.41 Å². The first kappa shape index (κ1) is 27.5. The fraction of sp³-hybridized carbons (Fsp3) is 0.483. The van der Waals surface area contributed by atoms with E-state index in [9.17, 15) is 9.90 Å². The normalized spacial score (nSPS) is 13.9. The van der Waals surface area contributed by atoms with Crippen molar-refractivity contribution in [2.45, 2.75) is 60.8 Å². The summed E-state index contributed by atoms with van der Waals surface area (Å²) < 4.78 is 11.7. The van der Waals surface area contributed by atoms with Gasteiger partial charge in [0, 0.05) is 17.7 Å². The van der Waals surface area contributed by atoms with Gasteiger partial charge < -0.3 is 19.2 Å². The van der Waals surface area contributed by atoms with Crippen molar-refractivity contribution in [3.63, 3.8) is 0 Å². The first-order valence-electron chi connectivity index (χ1n) is 12.5. The molecule has 1 fully saturated rings. The van der Waals surface area contributed by atoms with Gasteiger partial charge >= 0.3 is 0 Å². The first-order chi connectivity index (χ1) is 16.2. The standard InChI is InChI=1S/C20H20O4.C7H15N.C2H6/c1-20(2,3)12-23-15-8-9-16-17(22)11-18(24-19(16)10-15)13-4-6-14(21)7-5-13;1-2-8-6-4-3-5-7-8;1-2/h4-11,21H,12H2,1-3H3;2-7H2,1H3;1-2H3. The van der Waals surface area contributed by atoms with E-state index in [1.54, 1.807) is 42.5 Å². The average Bonchev–Trinajstić information content (AvgIpc) is 2.84. The van der Waals surface area contributed by atoms with Gasteiger partial charge in [-0.1, -0.05) is 48.0 Å². The Bertz CT molecular complexity index is 1060. The van der Waals surface area contributed by atoms with Gasteiger partial charge in [-0.2, -0.15) is 0 Å². The zero-order valence-electron chi connectivity index (χ0n) is 21.7. The third kappa shape index (κ3) is 8.53. The molecule has 1 N–H and O–H groups in total. The van der Waals surface area contributed by atoms with Gasteiger partial charge in [0.1, 0.15) is 22.8 Å². The Morgan fingerprint density at radius 1 is 0.971 bits per heavy atom. The number of phenolic OH excluding ortho intramolecular Hbond substituents is 1. The molecule has 34 heavy (non-hydrogen) atoms. The van der Waals surface area contributed by atoms with Crippen LogP contribution >= 0.6 is 0 Å². The molecular weight excluding hydrogens is 426 g/mol. The summed E-state index contributed by atoms with van der Waals surface area (Å²) in [5.41, 5.74) is 1.15. The molecule has 186 valence electrons. The lowest BCUT2D eigenvalue weighted by Gasteiger charge is -2.24. The molecule has 0 unspecified atom stereocenters. The van der Waals surface area contributed by atoms with Crippen LogP contribution in [0.1, 0.15) is 60.8 Å². The van der Waals surface area contributed by atoms with E-state index in [4.69, 9.17) is 9.15 Å². The van der Waals surface area contributed by atoms with Crippen molar-refractivity contribution in [1.82, 2.24) is 4.90 Å². The van der Waals surface area contributed by atoms with E-state index >= 15 is 0 Å². The third-order valence-corrected chi connectivity index (χ3v) is 5.42. The van der Waals surface area contributed by atoms with Gasteiger partial charge in [0.05, 0.1) is 12.0 Å². The van der Waals surface area contributed by atoms with E-state index in [0.717, 1.165) is 5.56 Å². The lowest BCUT2D eigenvalue weighted by atomic mass is 9.99. The van der Waals surface area contributed by atoms with Crippen molar-refractivity contribution in [2.75, 3.05) is 26.2 Å². The minimum absolute atomic E-state index is 0.0453. The van der Waals surface area contributed by atoms with Crippen LogP contribution in [-0.4, -0.2) is 36.2 Å². The molecule has 1 saturated heterocycles. The topological polar surface area (TPSA) is 62.9 Å². The Labute approximate surface area is 204 Å². The summed E-state index contributed by atoms with van der Waals surface area (Å²) in [4.78, 5) is 14.8. The number of rotatable bonds is 4. The minimum Gasteiger partial charge on any atom is -0.508 e. The Balaban J connectivity index is 0.000000343. The van der Waals surface area contributed by atoms with Crippen LogP contribution in [0.25, 0.3) is 22.3 Å². The number of phenols is 1. The molecule has 1 aliphatic heterocycles. The summed E-state index contributed by atoms with van der Waals surface area (Å²) in [5, 5.41) is 9.90. The Hall–Kier alpha value is -2.79. The predicted octanol–water partition coefficient (Wildman–Crippen LogP) is 7.11. The minimum atomic E-state index is -0.110. The number of fused-ring (bicyclic) bond motifs is 1. The molecule has 1 aliphatic rings. The Morgan fingerprint density at radius 3 is 2.18 bits per heavy atom. The van der Waals surface area contributed by atoms with E-state index in [-0.39, 0.29) is 16.6 Å². The second-order valence-electron chi connectivity index (χ2n) is 9.52. The number of nitrogens with zero attached hydrogens (tertiary/aromatic N) is 1. The van der Waals surface area contributed by atoms with Gasteiger partial charge in [-0.3, -0.25) is 4.79 Å². The molecule has 0 aliphatic carbocycles. The number of piperidine rings is 1. The monoisotopic (exact) mass is 467 g/mol. The summed E-state index contributed by atoms with van der Waals surface area (Å²) >= 11 is 0. The van der Waals surface area contributed by atoms with Crippen molar-refractivity contribution in [3.8, 4) is 22.8 Å². The lowest BCUT2D eigenvalue weighted by Crippen LogP contribution is -2.29. The molecule has 0 amide bonds. The Morgan fingerprint density at radius 2 is 1.62 bits per heavy atom. The number of hydrogen-bond acceptors (Lipinski definition) is 5. The maximum atomic E-state index is 12.3. The Kier molecular flexibility index (Phi) is 10.6. The smallest absolute Gasteiger partial charge is 0.193 e. The van der Waals surface area contributed by atoms with Crippen LogP contribution in [0.3, 0.4) is 0 Å². The largest absolute Gasteiger partial charge is 0.508 e. The molecule has 0 saturated carbocycles. The summed E-state index contributed by atoms with van der Waals surface area (Å²) in [6, 6.07) is 13.2. The van der Waals surface area contributed by atoms with Gasteiger partial charge in [0.25, 0.3) is 0 Å². The van der Waals surface area contributed by atoms with Gasteiger partial charge in [-0.25, -0.2) is 0 Å². The molecule has 0 atom stereocenters. The molecule has 5 heteroatoms. The summed E-state index contributed by atoms with van der Waals surface area (Å²) in [6.07, 6.45) is 4.30. The second-order valence-corrected chi connectivity index (χ2v) is 9.52. The van der Waals surface area contributed by atoms with Crippen molar-refractivity contribution < 1.29 is 14.3 Å². The van der Waals surface area contributed by atoms with Crippen LogP contribution in [0.2, 0.25) is 0 Å². The highest BCUT2D eigenvalue weighted by molar-refractivity contribution is 5.80. The van der Waals surface area contributed by atoms with Crippen molar-refractivity contribution in [1.29, 1.82) is 0 Å². The highest BCUT2D eigenvalue weighted by Gasteiger charge is 2.13. The highest BCUT2D eigenvalue weighted by atomic mass is 16.5. The predicted molar refractivity (Wildman–Crippen MR) is 142 cm³/mol. The van der Waals surface area contributed by atoms with Gasteiger partial charge in [0.2, 0.25) is 0 Å². The van der Waals surface area contributed by atoms with Crippen molar-refractivity contribution >= 4 is 11.0 Å². The maximum absolute atomic E-state index is 12.3. The number of benzene rings is 2. The molecule has 3 aromatic rings. The quantitative estimate of drug-likeness (QED) is 0.443. The molecule has 1 aromatic heterocycles. The van der Waals surface area contributed by atoms with Crippen molar-refractivity contribution in [3.05, 3.63) is 58.8 Å². The molecule has 5 nitrogen and oxygen atoms in total. The molecular formula is C29H41NO4. The number of hydrogen-bond donors (Lipinski definition) is 1. The first-order valence-corrected chi connectivity index (χ1v) is 12.5. The fourth-order valence-corrected chi connectivity index (χ4v) is 3.57. The molecule has 0 spiro atoms. The van der Waals surface area contributed by atoms with Gasteiger partial charge in [0.15, 0.2) is 5.43 Å². The number of likely N-dealkylation sites (tertiary alicyclic amines) is 1. The van der Waals surface area contributed by atoms with Crippen LogP contribution in [0.15, 0.2) is 57.7 Å². The number of ether oxygens (including phenoxy) is 1. The molecule has 2 heterocycles. The zero-order valence-corrected chi connectivity index (χ0v) is 21.7.